The summed E-state index contributed by atoms with van der Waals surface area (Å²) in [5.41, 5.74) is -1.87. The molecule has 33 heavy (non-hydrogen) atoms. The summed E-state index contributed by atoms with van der Waals surface area (Å²) in [5, 5.41) is 2.04. The fourth-order valence-corrected chi connectivity index (χ4v) is 5.86. The molecule has 0 bridgehead atoms. The van der Waals surface area contributed by atoms with Crippen molar-refractivity contribution in [2.24, 2.45) is 11.3 Å². The third kappa shape index (κ3) is 5.04. The van der Waals surface area contributed by atoms with Crippen LogP contribution < -0.4 is 5.32 Å². The van der Waals surface area contributed by atoms with Gasteiger partial charge in [0, 0.05) is 18.2 Å². The van der Waals surface area contributed by atoms with E-state index in [4.69, 9.17) is 18.9 Å². The third-order valence-corrected chi connectivity index (χ3v) is 7.20. The predicted molar refractivity (Wildman–Crippen MR) is 115 cm³/mol. The number of ether oxygens (including phenoxy) is 4. The number of thioether (sulfide) groups is 1. The van der Waals surface area contributed by atoms with Gasteiger partial charge >= 0.3 is 18.1 Å². The maximum Gasteiger partial charge on any atom is 0.509 e. The maximum absolute atomic E-state index is 13.1. The topological polar surface area (TPSA) is 138 Å². The van der Waals surface area contributed by atoms with Crippen LogP contribution in [0.15, 0.2) is 0 Å². The van der Waals surface area contributed by atoms with Gasteiger partial charge in [0.2, 0.25) is 18.6 Å². The van der Waals surface area contributed by atoms with Crippen LogP contribution in [0.2, 0.25) is 0 Å². The largest absolute Gasteiger partial charge is 0.509 e. The highest BCUT2D eigenvalue weighted by molar-refractivity contribution is 8.00. The van der Waals surface area contributed by atoms with Gasteiger partial charge < -0.3 is 29.2 Å². The number of β-lactam (4-membered cyclic amide) rings is 1. The van der Waals surface area contributed by atoms with E-state index < -0.39 is 53.1 Å². The minimum Gasteiger partial charge on any atom is -0.430 e. The summed E-state index contributed by atoms with van der Waals surface area (Å²) >= 11 is 1.34. The van der Waals surface area contributed by atoms with E-state index in [9.17, 15) is 24.0 Å². The Balaban J connectivity index is 1.73. The van der Waals surface area contributed by atoms with E-state index in [1.54, 1.807) is 34.6 Å². The number of cyclic esters (lactones) is 2. The number of fused-ring (bicyclic) bond motifs is 1. The molecule has 0 aliphatic carbocycles. The van der Waals surface area contributed by atoms with Crippen molar-refractivity contribution in [3.8, 4) is 0 Å². The molecule has 3 saturated heterocycles. The summed E-state index contributed by atoms with van der Waals surface area (Å²) in [6.45, 7) is 9.21. The van der Waals surface area contributed by atoms with Gasteiger partial charge in [-0.3, -0.25) is 14.4 Å². The van der Waals surface area contributed by atoms with Crippen molar-refractivity contribution in [3.05, 3.63) is 0 Å². The van der Waals surface area contributed by atoms with E-state index >= 15 is 0 Å². The van der Waals surface area contributed by atoms with Crippen LogP contribution in [0.5, 0.6) is 0 Å². The molecule has 6 unspecified atom stereocenters. The molecule has 3 aliphatic rings. The average Bonchev–Trinajstić information content (AvgIpc) is 3.17. The minimum absolute atomic E-state index is 0.0510. The predicted octanol–water partition coefficient (Wildman–Crippen LogP) is 1.19. The van der Waals surface area contributed by atoms with Crippen LogP contribution >= 0.6 is 11.8 Å². The lowest BCUT2D eigenvalue weighted by molar-refractivity contribution is -0.185. The number of esters is 2. The number of amides is 2. The van der Waals surface area contributed by atoms with Crippen LogP contribution in [0.3, 0.4) is 0 Å². The van der Waals surface area contributed by atoms with E-state index in [2.05, 4.69) is 5.32 Å². The highest BCUT2D eigenvalue weighted by Crippen LogP contribution is 2.50. The number of hydrogen-bond acceptors (Lipinski definition) is 10. The highest BCUT2D eigenvalue weighted by Gasteiger charge is 2.67. The monoisotopic (exact) mass is 486 g/mol. The molecule has 0 aromatic rings. The summed E-state index contributed by atoms with van der Waals surface area (Å²) in [6.07, 6.45) is -0.400. The van der Waals surface area contributed by atoms with Gasteiger partial charge in [-0.1, -0.05) is 0 Å². The van der Waals surface area contributed by atoms with E-state index in [0.29, 0.717) is 6.42 Å². The van der Waals surface area contributed by atoms with E-state index in [-0.39, 0.29) is 29.8 Å². The van der Waals surface area contributed by atoms with Crippen molar-refractivity contribution in [3.63, 3.8) is 0 Å². The van der Waals surface area contributed by atoms with Crippen LogP contribution in [0, 0.1) is 11.3 Å². The molecule has 3 heterocycles. The van der Waals surface area contributed by atoms with E-state index in [0.717, 1.165) is 0 Å². The van der Waals surface area contributed by atoms with E-state index in [1.807, 2.05) is 0 Å². The smallest absolute Gasteiger partial charge is 0.430 e. The Hall–Kier alpha value is -2.50. The quantitative estimate of drug-likeness (QED) is 0.317. The van der Waals surface area contributed by atoms with Crippen molar-refractivity contribution in [1.82, 2.24) is 10.2 Å². The van der Waals surface area contributed by atoms with Gasteiger partial charge in [0.05, 0.1) is 10.8 Å². The SMILES string of the molecule is CC(=O)NC(C)SC1CC2C(C3(C)COC(=O)O3)C(=O)N2C1C(=O)OCOC(=O)C(C)(C)C. The van der Waals surface area contributed by atoms with Crippen molar-refractivity contribution < 1.29 is 42.9 Å². The number of nitrogens with one attached hydrogen (secondary N) is 1. The minimum atomic E-state index is -1.12. The summed E-state index contributed by atoms with van der Waals surface area (Å²) in [4.78, 5) is 62.4. The van der Waals surface area contributed by atoms with Gasteiger partial charge in [-0.25, -0.2) is 9.59 Å². The molecule has 0 saturated carbocycles. The Morgan fingerprint density at radius 1 is 1.27 bits per heavy atom. The molecule has 6 atom stereocenters. The van der Waals surface area contributed by atoms with Gasteiger partial charge in [0.15, 0.2) is 5.60 Å². The van der Waals surface area contributed by atoms with Crippen molar-refractivity contribution in [2.45, 2.75) is 76.3 Å². The standard InChI is InChI=1S/C21H30N2O9S/c1-10(24)22-11(2)33-13-7-12-14(21(6)8-29-19(28)32-21)16(25)23(12)15(13)17(26)30-9-31-18(27)20(3,4)5/h11-15H,7-9H2,1-6H3,(H,22,24). The lowest BCUT2D eigenvalue weighted by atomic mass is 9.75. The first kappa shape index (κ1) is 25.1. The van der Waals surface area contributed by atoms with Crippen LogP contribution in [0.4, 0.5) is 4.79 Å². The van der Waals surface area contributed by atoms with Crippen LogP contribution in [0.1, 0.15) is 48.0 Å². The van der Waals surface area contributed by atoms with Gasteiger partial charge in [-0.15, -0.1) is 11.8 Å². The molecule has 2 amide bonds. The molecule has 3 aliphatic heterocycles. The number of rotatable bonds is 7. The summed E-state index contributed by atoms with van der Waals surface area (Å²) in [6, 6.07) is -1.30. The fourth-order valence-electron chi connectivity index (χ4n) is 4.40. The Labute approximate surface area is 196 Å². The molecule has 1 N–H and O–H groups in total. The number of carbonyl (C=O) groups is 5. The Bertz CT molecular complexity index is 857. The molecule has 0 radical (unpaired) electrons. The summed E-state index contributed by atoms with van der Waals surface area (Å²) in [7, 11) is 0. The van der Waals surface area contributed by atoms with Crippen LogP contribution in [-0.2, 0) is 38.1 Å². The zero-order valence-corrected chi connectivity index (χ0v) is 20.4. The second-order valence-electron chi connectivity index (χ2n) is 9.70. The van der Waals surface area contributed by atoms with Crippen LogP contribution in [-0.4, -0.2) is 76.5 Å². The summed E-state index contributed by atoms with van der Waals surface area (Å²) < 4.78 is 20.4. The number of nitrogens with zero attached hydrogens (tertiary/aromatic N) is 1. The summed E-state index contributed by atoms with van der Waals surface area (Å²) in [5.74, 6) is -2.45. The molecule has 3 fully saturated rings. The van der Waals surface area contributed by atoms with Gasteiger partial charge in [-0.05, 0) is 41.0 Å². The fraction of sp³-hybridized carbons (Fsp3) is 0.762. The van der Waals surface area contributed by atoms with Gasteiger partial charge in [0.1, 0.15) is 18.6 Å². The molecule has 184 valence electrons. The average molecular weight is 487 g/mol. The highest BCUT2D eigenvalue weighted by atomic mass is 32.2. The molecule has 0 aromatic heterocycles. The molecule has 0 aromatic carbocycles. The molecular weight excluding hydrogens is 456 g/mol. The third-order valence-electron chi connectivity index (χ3n) is 5.87. The van der Waals surface area contributed by atoms with Gasteiger partial charge in [-0.2, -0.15) is 0 Å². The second-order valence-corrected chi connectivity index (χ2v) is 11.3. The van der Waals surface area contributed by atoms with E-state index in [1.165, 1.54) is 23.6 Å². The zero-order valence-electron chi connectivity index (χ0n) is 19.5. The Kier molecular flexibility index (Phi) is 6.88. The molecule has 12 heteroatoms. The van der Waals surface area contributed by atoms with Crippen LogP contribution in [0.25, 0.3) is 0 Å². The molecule has 11 nitrogen and oxygen atoms in total. The molecule has 3 rings (SSSR count). The first-order valence-electron chi connectivity index (χ1n) is 10.7. The Morgan fingerprint density at radius 3 is 2.48 bits per heavy atom. The Morgan fingerprint density at radius 2 is 1.94 bits per heavy atom. The van der Waals surface area contributed by atoms with Crippen molar-refractivity contribution in [2.75, 3.05) is 13.4 Å². The number of hydrogen-bond donors (Lipinski definition) is 1. The lowest BCUT2D eigenvalue weighted by Gasteiger charge is -2.49. The normalized spacial score (nSPS) is 31.6. The number of carbonyl (C=O) groups excluding carboxylic acids is 5. The molecule has 0 spiro atoms. The van der Waals surface area contributed by atoms with Crippen molar-refractivity contribution >= 4 is 41.7 Å². The van der Waals surface area contributed by atoms with Crippen molar-refractivity contribution in [1.29, 1.82) is 0 Å². The first-order valence-corrected chi connectivity index (χ1v) is 11.6. The molecular formula is C21H30N2O9S. The second kappa shape index (κ2) is 9.03. The lowest BCUT2D eigenvalue weighted by Crippen LogP contribution is -2.69. The first-order chi connectivity index (χ1) is 15.2. The van der Waals surface area contributed by atoms with Gasteiger partial charge in [0.25, 0.3) is 0 Å². The maximum atomic E-state index is 13.1. The zero-order chi connectivity index (χ0) is 24.7.